The molecule has 1 amide bonds. The fourth-order valence-electron chi connectivity index (χ4n) is 4.50. The van der Waals surface area contributed by atoms with Gasteiger partial charge in [0.1, 0.15) is 0 Å². The second-order valence-corrected chi connectivity index (χ2v) is 10.9. The zero-order chi connectivity index (χ0) is 25.0. The average molecular weight is 531 g/mol. The molecule has 3 aliphatic rings. The Morgan fingerprint density at radius 2 is 1.78 bits per heavy atom. The van der Waals surface area contributed by atoms with E-state index in [0.29, 0.717) is 43.4 Å². The Labute approximate surface area is 224 Å². The lowest BCUT2D eigenvalue weighted by atomic mass is 10.0. The van der Waals surface area contributed by atoms with E-state index in [0.717, 1.165) is 16.3 Å². The molecule has 1 saturated heterocycles. The van der Waals surface area contributed by atoms with Gasteiger partial charge in [-0.2, -0.15) is 15.0 Å². The Morgan fingerprint density at radius 1 is 1.00 bits per heavy atom. The summed E-state index contributed by atoms with van der Waals surface area (Å²) in [6.45, 7) is 2.68. The van der Waals surface area contributed by atoms with Crippen LogP contribution in [0, 0.1) is 0 Å². The maximum absolute atomic E-state index is 13.7. The van der Waals surface area contributed by atoms with Gasteiger partial charge in [-0.3, -0.25) is 4.79 Å². The molecule has 37 heavy (non-hydrogen) atoms. The van der Waals surface area contributed by atoms with Crippen LogP contribution >= 0.6 is 23.5 Å². The number of carbonyl (C=O) groups is 1. The molecule has 1 fully saturated rings. The third kappa shape index (κ3) is 5.36. The van der Waals surface area contributed by atoms with E-state index < -0.39 is 0 Å². The summed E-state index contributed by atoms with van der Waals surface area (Å²) in [7, 11) is 0. The number of para-hydroxylation sites is 2. The van der Waals surface area contributed by atoms with E-state index in [1.54, 1.807) is 11.8 Å². The number of hydrogen-bond donors (Lipinski definition) is 1. The number of thioether (sulfide) groups is 2. The van der Waals surface area contributed by atoms with Crippen LogP contribution in [0.15, 0.2) is 89.0 Å². The van der Waals surface area contributed by atoms with Crippen molar-refractivity contribution in [3.8, 4) is 0 Å². The summed E-state index contributed by atoms with van der Waals surface area (Å²) in [5, 5.41) is 3.98. The molecule has 0 unspecified atom stereocenters. The SMILES string of the molecule is O=C(CSc1nc(Nc2ccccc2)nc(N2CCOCC2)n1)N1c2ccccc2S[C@H]2C=CC=C[C@H]21. The standard InChI is InChI=1S/C27H26N6O2S2/c34-24(33-20-10-4-6-12-22(20)37-23-13-7-5-11-21(23)33)18-36-27-30-25(28-19-8-2-1-3-9-19)29-26(31-27)32-14-16-35-17-15-32/h1-13,20,22H,14-18H2,(H,28,29,30,31)/t20-,22+/m1/s1. The summed E-state index contributed by atoms with van der Waals surface area (Å²) in [6.07, 6.45) is 8.35. The van der Waals surface area contributed by atoms with Crippen LogP contribution in [0.4, 0.5) is 23.3 Å². The summed E-state index contributed by atoms with van der Waals surface area (Å²) in [5.74, 6) is 1.29. The molecule has 3 heterocycles. The van der Waals surface area contributed by atoms with E-state index in [2.05, 4.69) is 44.5 Å². The van der Waals surface area contributed by atoms with Crippen molar-refractivity contribution in [2.24, 2.45) is 0 Å². The number of fused-ring (bicyclic) bond motifs is 2. The number of anilines is 4. The van der Waals surface area contributed by atoms with Crippen molar-refractivity contribution < 1.29 is 9.53 Å². The van der Waals surface area contributed by atoms with Crippen LogP contribution in [0.5, 0.6) is 0 Å². The molecule has 1 aliphatic carbocycles. The van der Waals surface area contributed by atoms with Gasteiger partial charge in [-0.1, -0.05) is 66.4 Å². The molecule has 0 spiro atoms. The summed E-state index contributed by atoms with van der Waals surface area (Å²) in [5.41, 5.74) is 1.84. The van der Waals surface area contributed by atoms with Crippen molar-refractivity contribution in [1.82, 2.24) is 15.0 Å². The van der Waals surface area contributed by atoms with E-state index in [-0.39, 0.29) is 23.0 Å². The zero-order valence-electron chi connectivity index (χ0n) is 20.1. The summed E-state index contributed by atoms with van der Waals surface area (Å²) in [6, 6.07) is 17.9. The van der Waals surface area contributed by atoms with Crippen molar-refractivity contribution in [3.63, 3.8) is 0 Å². The molecule has 2 aliphatic heterocycles. The molecule has 6 rings (SSSR count). The quantitative estimate of drug-likeness (QED) is 0.462. The number of benzene rings is 2. The number of nitrogens with zero attached hydrogens (tertiary/aromatic N) is 5. The van der Waals surface area contributed by atoms with E-state index in [1.807, 2.05) is 59.5 Å². The normalized spacial score (nSPS) is 20.3. The van der Waals surface area contributed by atoms with Gasteiger partial charge >= 0.3 is 0 Å². The Balaban J connectivity index is 1.25. The lowest BCUT2D eigenvalue weighted by molar-refractivity contribution is -0.116. The second kappa shape index (κ2) is 11.0. The Bertz CT molecular complexity index is 1330. The molecule has 0 saturated carbocycles. The van der Waals surface area contributed by atoms with Gasteiger partial charge in [0.15, 0.2) is 5.16 Å². The second-order valence-electron chi connectivity index (χ2n) is 8.70. The number of allylic oxidation sites excluding steroid dienone is 2. The van der Waals surface area contributed by atoms with Crippen LogP contribution in [0.25, 0.3) is 0 Å². The van der Waals surface area contributed by atoms with Crippen LogP contribution in [0.1, 0.15) is 0 Å². The highest BCUT2D eigenvalue weighted by molar-refractivity contribution is 8.00. The van der Waals surface area contributed by atoms with Crippen molar-refractivity contribution in [3.05, 3.63) is 78.9 Å². The number of ether oxygens (including phenoxy) is 1. The Morgan fingerprint density at radius 3 is 2.65 bits per heavy atom. The van der Waals surface area contributed by atoms with Crippen molar-refractivity contribution >= 4 is 52.7 Å². The molecule has 3 aromatic rings. The maximum atomic E-state index is 13.7. The molecule has 2 aromatic carbocycles. The first-order valence-corrected chi connectivity index (χ1v) is 14.1. The predicted octanol–water partition coefficient (Wildman–Crippen LogP) is 4.55. The number of aromatic nitrogens is 3. The molecule has 0 bridgehead atoms. The summed E-state index contributed by atoms with van der Waals surface area (Å²) < 4.78 is 5.50. The highest BCUT2D eigenvalue weighted by Crippen LogP contribution is 2.43. The molecular weight excluding hydrogens is 504 g/mol. The summed E-state index contributed by atoms with van der Waals surface area (Å²) >= 11 is 3.14. The Kier molecular flexibility index (Phi) is 7.11. The van der Waals surface area contributed by atoms with Crippen LogP contribution < -0.4 is 15.1 Å². The van der Waals surface area contributed by atoms with E-state index >= 15 is 0 Å². The molecule has 8 nitrogen and oxygen atoms in total. The van der Waals surface area contributed by atoms with Crippen molar-refractivity contribution in [1.29, 1.82) is 0 Å². The molecule has 1 aromatic heterocycles. The fourth-order valence-corrected chi connectivity index (χ4v) is 6.45. The molecule has 2 atom stereocenters. The lowest BCUT2D eigenvalue weighted by Crippen LogP contribution is -2.48. The largest absolute Gasteiger partial charge is 0.378 e. The molecular formula is C27H26N6O2S2. The summed E-state index contributed by atoms with van der Waals surface area (Å²) in [4.78, 5) is 32.8. The number of amides is 1. The first-order chi connectivity index (χ1) is 18.2. The minimum Gasteiger partial charge on any atom is -0.378 e. The third-order valence-corrected chi connectivity index (χ3v) is 8.40. The lowest BCUT2D eigenvalue weighted by Gasteiger charge is -2.40. The first-order valence-electron chi connectivity index (χ1n) is 12.2. The third-order valence-electron chi connectivity index (χ3n) is 6.26. The van der Waals surface area contributed by atoms with Gasteiger partial charge in [-0.15, -0.1) is 11.8 Å². The van der Waals surface area contributed by atoms with Gasteiger partial charge in [-0.25, -0.2) is 0 Å². The number of carbonyl (C=O) groups excluding carboxylic acids is 1. The number of nitrogens with one attached hydrogen (secondary N) is 1. The number of rotatable bonds is 6. The molecule has 0 radical (unpaired) electrons. The number of morpholine rings is 1. The van der Waals surface area contributed by atoms with Gasteiger partial charge in [0, 0.05) is 23.7 Å². The van der Waals surface area contributed by atoms with Crippen molar-refractivity contribution in [2.45, 2.75) is 21.3 Å². The molecule has 10 heteroatoms. The van der Waals surface area contributed by atoms with Crippen LogP contribution in [-0.2, 0) is 9.53 Å². The monoisotopic (exact) mass is 530 g/mol. The number of hydrogen-bond acceptors (Lipinski definition) is 9. The van der Waals surface area contributed by atoms with Crippen LogP contribution in [0.3, 0.4) is 0 Å². The first kappa shape index (κ1) is 24.0. The topological polar surface area (TPSA) is 83.5 Å². The van der Waals surface area contributed by atoms with Crippen molar-refractivity contribution in [2.75, 3.05) is 47.2 Å². The minimum atomic E-state index is -0.0180. The van der Waals surface area contributed by atoms with Crippen LogP contribution in [0.2, 0.25) is 0 Å². The molecule has 1 N–H and O–H groups in total. The van der Waals surface area contributed by atoms with E-state index in [1.165, 1.54) is 11.8 Å². The minimum absolute atomic E-state index is 0.0180. The van der Waals surface area contributed by atoms with Gasteiger partial charge < -0.3 is 19.9 Å². The predicted molar refractivity (Wildman–Crippen MR) is 149 cm³/mol. The van der Waals surface area contributed by atoms with Crippen LogP contribution in [-0.4, -0.2) is 64.2 Å². The van der Waals surface area contributed by atoms with Gasteiger partial charge in [0.2, 0.25) is 17.8 Å². The average Bonchev–Trinajstić information content (AvgIpc) is 2.95. The van der Waals surface area contributed by atoms with E-state index in [4.69, 9.17) is 9.72 Å². The highest BCUT2D eigenvalue weighted by atomic mass is 32.2. The highest BCUT2D eigenvalue weighted by Gasteiger charge is 2.36. The van der Waals surface area contributed by atoms with E-state index in [9.17, 15) is 4.79 Å². The fraction of sp³-hybridized carbons (Fsp3) is 0.259. The van der Waals surface area contributed by atoms with Gasteiger partial charge in [-0.05, 0) is 24.3 Å². The Hall–Kier alpha value is -3.34. The van der Waals surface area contributed by atoms with Gasteiger partial charge in [0.05, 0.1) is 35.9 Å². The molecule has 188 valence electrons. The smallest absolute Gasteiger partial charge is 0.238 e. The maximum Gasteiger partial charge on any atom is 0.238 e. The van der Waals surface area contributed by atoms with Gasteiger partial charge in [0.25, 0.3) is 0 Å². The zero-order valence-corrected chi connectivity index (χ0v) is 21.7.